The molecule has 0 aliphatic heterocycles. The zero-order valence-electron chi connectivity index (χ0n) is 13.0. The Morgan fingerprint density at radius 3 is 2.15 bits per heavy atom. The Kier molecular flexibility index (Phi) is 7.44. The smallest absolute Gasteiger partial charge is 0.416 e. The number of carboxylic acid groups (broad SMARTS) is 1. The van der Waals surface area contributed by atoms with E-state index in [2.05, 4.69) is 0 Å². The maximum atomic E-state index is 12.7. The topological polar surface area (TPSA) is 55.8 Å². The summed E-state index contributed by atoms with van der Waals surface area (Å²) in [7, 11) is 0. The molecule has 10 heteroatoms. The van der Waals surface area contributed by atoms with Crippen LogP contribution in [0, 0.1) is 0 Å². The largest absolute Gasteiger partial charge is 1.00 e. The molecular weight excluding hydrogens is 420 g/mol. The molecule has 0 saturated heterocycles. The third kappa shape index (κ3) is 5.59. The van der Waals surface area contributed by atoms with Gasteiger partial charge < -0.3 is 27.0 Å². The van der Waals surface area contributed by atoms with E-state index in [0.717, 1.165) is 0 Å². The fraction of sp³-hybridized carbons (Fsp3) is 0.188. The molecule has 2 aromatic carbocycles. The molecule has 0 spiro atoms. The van der Waals surface area contributed by atoms with Gasteiger partial charge in [0.25, 0.3) is 0 Å². The van der Waals surface area contributed by atoms with Crippen molar-refractivity contribution in [1.29, 1.82) is 0 Å². The summed E-state index contributed by atoms with van der Waals surface area (Å²) >= 11 is 11.7. The fourth-order valence-corrected chi connectivity index (χ4v) is 2.37. The molecule has 1 unspecified atom stereocenters. The first-order valence-electron chi connectivity index (χ1n) is 6.81. The molecule has 0 aliphatic rings. The molecule has 1 N–H and O–H groups in total. The second kappa shape index (κ2) is 8.70. The summed E-state index contributed by atoms with van der Waals surface area (Å²) in [4.78, 5) is 10.8. The van der Waals surface area contributed by atoms with Gasteiger partial charge in [0.1, 0.15) is 11.5 Å². The van der Waals surface area contributed by atoms with Crippen LogP contribution in [-0.4, -0.2) is 17.2 Å². The Balaban J connectivity index is 0.00000338. The fourth-order valence-electron chi connectivity index (χ4n) is 1.80. The first-order valence-corrected chi connectivity index (χ1v) is 7.57. The van der Waals surface area contributed by atoms with Crippen LogP contribution >= 0.6 is 23.2 Å². The number of aliphatic carboxylic acids is 1. The van der Waals surface area contributed by atoms with Crippen LogP contribution in [-0.2, 0) is 11.0 Å². The third-order valence-corrected chi connectivity index (χ3v) is 3.57. The van der Waals surface area contributed by atoms with E-state index in [4.69, 9.17) is 37.8 Å². The minimum absolute atomic E-state index is 0. The van der Waals surface area contributed by atoms with Crippen LogP contribution in [0.4, 0.5) is 13.2 Å². The molecule has 4 nitrogen and oxygen atoms in total. The molecule has 0 amide bonds. The number of carboxylic acids is 1. The lowest BCUT2D eigenvalue weighted by molar-refractivity contribution is -0.144. The third-order valence-electron chi connectivity index (χ3n) is 3.01. The molecule has 0 bridgehead atoms. The second-order valence-electron chi connectivity index (χ2n) is 4.94. The summed E-state index contributed by atoms with van der Waals surface area (Å²) in [6.45, 7) is 1.35. The predicted molar refractivity (Wildman–Crippen MR) is 85.7 cm³/mol. The second-order valence-corrected chi connectivity index (χ2v) is 5.76. The van der Waals surface area contributed by atoms with Crippen molar-refractivity contribution in [3.05, 3.63) is 52.0 Å². The van der Waals surface area contributed by atoms with Crippen molar-refractivity contribution in [2.24, 2.45) is 0 Å². The van der Waals surface area contributed by atoms with Crippen LogP contribution in [0.5, 0.6) is 17.2 Å². The van der Waals surface area contributed by atoms with E-state index in [9.17, 15) is 18.0 Å². The average Bonchev–Trinajstić information content (AvgIpc) is 2.50. The van der Waals surface area contributed by atoms with Crippen LogP contribution in [0.3, 0.4) is 0 Å². The van der Waals surface area contributed by atoms with Crippen LogP contribution in [0.25, 0.3) is 0 Å². The Morgan fingerprint density at radius 1 is 1.12 bits per heavy atom. The summed E-state index contributed by atoms with van der Waals surface area (Å²) in [6, 6.07) is 7.28. The standard InChI is InChI=1S/C16H11Cl2F3O4.ClH/c1-8(15(22)23)24-10-3-2-4-11(7-10)25-14-12(17)5-9(6-13(14)18)16(19,20)21;/h2-8H,1H3,(H,22,23);1H/p-1. The molecule has 2 aromatic rings. The molecule has 142 valence electrons. The highest BCUT2D eigenvalue weighted by Crippen LogP contribution is 2.42. The van der Waals surface area contributed by atoms with Gasteiger partial charge in [-0.15, -0.1) is 0 Å². The Hall–Kier alpha value is -1.83. The number of benzene rings is 2. The zero-order valence-corrected chi connectivity index (χ0v) is 15.2. The number of ether oxygens (including phenoxy) is 2. The van der Waals surface area contributed by atoms with Crippen LogP contribution < -0.4 is 21.9 Å². The van der Waals surface area contributed by atoms with Gasteiger partial charge in [0.05, 0.1) is 15.6 Å². The van der Waals surface area contributed by atoms with E-state index >= 15 is 0 Å². The summed E-state index contributed by atoms with van der Waals surface area (Å²) in [6.07, 6.45) is -5.68. The number of hydrogen-bond acceptors (Lipinski definition) is 3. The van der Waals surface area contributed by atoms with Gasteiger partial charge in [-0.05, 0) is 31.2 Å². The minimum Gasteiger partial charge on any atom is -1.00 e. The molecule has 0 heterocycles. The van der Waals surface area contributed by atoms with Gasteiger partial charge in [0.2, 0.25) is 0 Å². The highest BCUT2D eigenvalue weighted by Gasteiger charge is 2.32. The van der Waals surface area contributed by atoms with Crippen molar-refractivity contribution < 1.29 is 45.0 Å². The zero-order chi connectivity index (χ0) is 18.8. The number of rotatable bonds is 5. The van der Waals surface area contributed by atoms with E-state index in [1.807, 2.05) is 0 Å². The van der Waals surface area contributed by atoms with Gasteiger partial charge >= 0.3 is 12.1 Å². The summed E-state index contributed by atoms with van der Waals surface area (Å²) in [5.41, 5.74) is -0.998. The first-order chi connectivity index (χ1) is 11.6. The average molecular weight is 431 g/mol. The van der Waals surface area contributed by atoms with E-state index in [1.165, 1.54) is 31.2 Å². The molecule has 2 rings (SSSR count). The van der Waals surface area contributed by atoms with Crippen molar-refractivity contribution >= 4 is 29.2 Å². The van der Waals surface area contributed by atoms with Gasteiger partial charge in [-0.1, -0.05) is 29.3 Å². The molecule has 0 aromatic heterocycles. The summed E-state index contributed by atoms with van der Waals surface area (Å²) < 4.78 is 48.8. The highest BCUT2D eigenvalue weighted by atomic mass is 35.5. The highest BCUT2D eigenvalue weighted by molar-refractivity contribution is 6.37. The van der Waals surface area contributed by atoms with E-state index in [-0.39, 0.29) is 39.7 Å². The molecule has 0 fully saturated rings. The summed E-state index contributed by atoms with van der Waals surface area (Å²) in [5.74, 6) is -0.940. The van der Waals surface area contributed by atoms with E-state index < -0.39 is 23.8 Å². The molecular formula is C16H11Cl3F3O4-. The Labute approximate surface area is 162 Å². The van der Waals surface area contributed by atoms with Crippen molar-refractivity contribution in [2.75, 3.05) is 0 Å². The number of hydrogen-bond donors (Lipinski definition) is 1. The maximum absolute atomic E-state index is 12.7. The molecule has 0 saturated carbocycles. The SMILES string of the molecule is CC(Oc1cccc(Oc2c(Cl)cc(C(F)(F)F)cc2Cl)c1)C(=O)O.[Cl-]. The number of halogens is 6. The number of carbonyl (C=O) groups is 1. The molecule has 1 atom stereocenters. The van der Waals surface area contributed by atoms with Crippen LogP contribution in [0.1, 0.15) is 12.5 Å². The lowest BCUT2D eigenvalue weighted by Crippen LogP contribution is -3.00. The van der Waals surface area contributed by atoms with Gasteiger partial charge in [-0.3, -0.25) is 0 Å². The van der Waals surface area contributed by atoms with Crippen molar-refractivity contribution in [1.82, 2.24) is 0 Å². The maximum Gasteiger partial charge on any atom is 0.416 e. The minimum atomic E-state index is -4.59. The Morgan fingerprint density at radius 2 is 1.65 bits per heavy atom. The number of alkyl halides is 3. The van der Waals surface area contributed by atoms with Crippen LogP contribution in [0.15, 0.2) is 36.4 Å². The van der Waals surface area contributed by atoms with Crippen molar-refractivity contribution in [3.8, 4) is 17.2 Å². The molecule has 0 radical (unpaired) electrons. The molecule has 0 aliphatic carbocycles. The van der Waals surface area contributed by atoms with E-state index in [0.29, 0.717) is 12.1 Å². The van der Waals surface area contributed by atoms with E-state index in [1.54, 1.807) is 0 Å². The summed E-state index contributed by atoms with van der Waals surface area (Å²) in [5, 5.41) is 8.20. The van der Waals surface area contributed by atoms with Gasteiger partial charge in [-0.2, -0.15) is 13.2 Å². The van der Waals surface area contributed by atoms with Gasteiger partial charge in [0.15, 0.2) is 11.9 Å². The van der Waals surface area contributed by atoms with Crippen LogP contribution in [0.2, 0.25) is 10.0 Å². The quantitative estimate of drug-likeness (QED) is 0.792. The first kappa shape index (κ1) is 22.2. The monoisotopic (exact) mass is 429 g/mol. The lowest BCUT2D eigenvalue weighted by atomic mass is 10.2. The van der Waals surface area contributed by atoms with Crippen molar-refractivity contribution in [2.45, 2.75) is 19.2 Å². The van der Waals surface area contributed by atoms with Crippen molar-refractivity contribution in [3.63, 3.8) is 0 Å². The molecule has 26 heavy (non-hydrogen) atoms. The Bertz CT molecular complexity index is 774. The predicted octanol–water partition coefficient (Wildman–Crippen LogP) is 2.66. The lowest BCUT2D eigenvalue weighted by Gasteiger charge is -2.14. The van der Waals surface area contributed by atoms with Gasteiger partial charge in [-0.25, -0.2) is 4.79 Å². The normalized spacial score (nSPS) is 12.1. The van der Waals surface area contributed by atoms with Gasteiger partial charge in [0, 0.05) is 6.07 Å².